The highest BCUT2D eigenvalue weighted by atomic mass is 32.2. The second-order valence-electron chi connectivity index (χ2n) is 7.52. The Hall–Kier alpha value is -3.11. The van der Waals surface area contributed by atoms with Crippen molar-refractivity contribution in [3.8, 4) is 5.75 Å². The van der Waals surface area contributed by atoms with E-state index >= 15 is 0 Å². The number of carbonyl (C=O) groups excluding carboxylic acids is 2. The van der Waals surface area contributed by atoms with Gasteiger partial charge in [0.2, 0.25) is 10.0 Å². The molecule has 2 aromatic rings. The van der Waals surface area contributed by atoms with Crippen molar-refractivity contribution in [2.45, 2.75) is 17.7 Å². The van der Waals surface area contributed by atoms with Gasteiger partial charge in [0.05, 0.1) is 31.2 Å². The third kappa shape index (κ3) is 4.71. The van der Waals surface area contributed by atoms with E-state index in [9.17, 15) is 18.0 Å². The van der Waals surface area contributed by atoms with Crippen LogP contribution in [0.25, 0.3) is 0 Å². The van der Waals surface area contributed by atoms with E-state index in [1.54, 1.807) is 18.2 Å². The van der Waals surface area contributed by atoms with Gasteiger partial charge in [-0.05, 0) is 49.2 Å². The lowest BCUT2D eigenvalue weighted by Gasteiger charge is -2.22. The first-order valence-corrected chi connectivity index (χ1v) is 11.5. The molecule has 0 radical (unpaired) electrons. The van der Waals surface area contributed by atoms with Crippen LogP contribution in [0.4, 0.5) is 11.4 Å². The normalized spacial score (nSPS) is 13.8. The molecule has 1 heterocycles. The second-order valence-corrected chi connectivity index (χ2v) is 9.65. The zero-order chi connectivity index (χ0) is 23.5. The Morgan fingerprint density at radius 3 is 2.25 bits per heavy atom. The van der Waals surface area contributed by atoms with Gasteiger partial charge in [-0.15, -0.1) is 0 Å². The highest BCUT2D eigenvalue weighted by Crippen LogP contribution is 2.32. The number of methoxy groups -OCH3 is 2. The fraction of sp³-hybridized carbons (Fsp3) is 0.364. The molecule has 32 heavy (non-hydrogen) atoms. The molecule has 1 amide bonds. The summed E-state index contributed by atoms with van der Waals surface area (Å²) in [7, 11) is 1.63. The number of rotatable bonds is 7. The van der Waals surface area contributed by atoms with Crippen molar-refractivity contribution in [2.75, 3.05) is 51.6 Å². The van der Waals surface area contributed by atoms with Gasteiger partial charge >= 0.3 is 5.97 Å². The Labute approximate surface area is 188 Å². The molecule has 172 valence electrons. The second kappa shape index (κ2) is 9.58. The molecule has 1 aliphatic rings. The molecule has 9 nitrogen and oxygen atoms in total. The van der Waals surface area contributed by atoms with E-state index in [0.29, 0.717) is 11.3 Å². The molecule has 0 aromatic heterocycles. The van der Waals surface area contributed by atoms with Gasteiger partial charge in [-0.25, -0.2) is 17.5 Å². The van der Waals surface area contributed by atoms with E-state index in [2.05, 4.69) is 10.2 Å². The van der Waals surface area contributed by atoms with Crippen LogP contribution in [-0.2, 0) is 14.8 Å². The summed E-state index contributed by atoms with van der Waals surface area (Å²) in [5.74, 6) is -0.886. The average Bonchev–Trinajstić information content (AvgIpc) is 3.32. The summed E-state index contributed by atoms with van der Waals surface area (Å²) in [6.07, 6.45) is 2.08. The minimum Gasteiger partial charge on any atom is -0.495 e. The van der Waals surface area contributed by atoms with E-state index in [1.165, 1.54) is 46.5 Å². The lowest BCUT2D eigenvalue weighted by Crippen LogP contribution is -2.24. The minimum absolute atomic E-state index is 0.110. The van der Waals surface area contributed by atoms with E-state index in [0.717, 1.165) is 35.9 Å². The summed E-state index contributed by atoms with van der Waals surface area (Å²) in [6, 6.07) is 9.22. The van der Waals surface area contributed by atoms with Crippen molar-refractivity contribution < 1.29 is 27.5 Å². The van der Waals surface area contributed by atoms with Crippen LogP contribution in [0.1, 0.15) is 33.6 Å². The Kier molecular flexibility index (Phi) is 7.05. The first kappa shape index (κ1) is 23.6. The van der Waals surface area contributed by atoms with Crippen molar-refractivity contribution in [3.63, 3.8) is 0 Å². The third-order valence-corrected chi connectivity index (χ3v) is 7.13. The minimum atomic E-state index is -3.83. The van der Waals surface area contributed by atoms with E-state index < -0.39 is 21.9 Å². The van der Waals surface area contributed by atoms with Gasteiger partial charge in [0, 0.05) is 32.7 Å². The summed E-state index contributed by atoms with van der Waals surface area (Å²) in [4.78, 5) is 27.1. The van der Waals surface area contributed by atoms with Gasteiger partial charge in [-0.1, -0.05) is 0 Å². The van der Waals surface area contributed by atoms with Crippen LogP contribution in [-0.4, -0.2) is 66.0 Å². The van der Waals surface area contributed by atoms with E-state index in [1.807, 2.05) is 0 Å². The maximum absolute atomic E-state index is 13.1. The number of nitrogens with one attached hydrogen (secondary N) is 1. The summed E-state index contributed by atoms with van der Waals surface area (Å²) in [5.41, 5.74) is 1.68. The number of carbonyl (C=O) groups is 2. The molecular formula is C22H27N3O6S. The topological polar surface area (TPSA) is 105 Å². The molecule has 2 aromatic carbocycles. The molecule has 0 bridgehead atoms. The third-order valence-electron chi connectivity index (χ3n) is 5.30. The number of hydrogen-bond acceptors (Lipinski definition) is 7. The van der Waals surface area contributed by atoms with Crippen LogP contribution >= 0.6 is 0 Å². The first-order valence-electron chi connectivity index (χ1n) is 10.1. The van der Waals surface area contributed by atoms with Crippen molar-refractivity contribution in [3.05, 3.63) is 47.5 Å². The van der Waals surface area contributed by atoms with Crippen molar-refractivity contribution in [1.82, 2.24) is 4.31 Å². The molecule has 0 spiro atoms. The largest absolute Gasteiger partial charge is 0.495 e. The Bertz CT molecular complexity index is 1120. The Morgan fingerprint density at radius 2 is 1.66 bits per heavy atom. The maximum Gasteiger partial charge on any atom is 0.337 e. The zero-order valence-corrected chi connectivity index (χ0v) is 19.4. The maximum atomic E-state index is 13.1. The smallest absolute Gasteiger partial charge is 0.337 e. The van der Waals surface area contributed by atoms with Crippen LogP contribution in [0.2, 0.25) is 0 Å². The highest BCUT2D eigenvalue weighted by Gasteiger charge is 2.25. The number of anilines is 2. The molecule has 1 N–H and O–H groups in total. The summed E-state index contributed by atoms with van der Waals surface area (Å²) in [6.45, 7) is 1.68. The molecule has 1 aliphatic heterocycles. The quantitative estimate of drug-likeness (QED) is 0.632. The van der Waals surface area contributed by atoms with Gasteiger partial charge in [0.1, 0.15) is 10.6 Å². The number of amides is 1. The van der Waals surface area contributed by atoms with Crippen LogP contribution in [0.5, 0.6) is 5.75 Å². The molecule has 0 atom stereocenters. The van der Waals surface area contributed by atoms with Crippen molar-refractivity contribution >= 4 is 33.3 Å². The number of esters is 1. The van der Waals surface area contributed by atoms with E-state index in [4.69, 9.17) is 9.47 Å². The van der Waals surface area contributed by atoms with Crippen LogP contribution < -0.4 is 15.0 Å². The summed E-state index contributed by atoms with van der Waals surface area (Å²) < 4.78 is 36.4. The lowest BCUT2D eigenvalue weighted by molar-refractivity contribution is 0.0600. The number of ether oxygens (including phenoxy) is 2. The predicted octanol–water partition coefficient (Wildman–Crippen LogP) is 2.58. The standard InChI is InChI=1S/C22H27N3O6S/c1-24(2)32(28,29)20-14-15(8-10-19(20)30-3)21(26)23-17-13-16(22(27)31-4)7-9-18(17)25-11-5-6-12-25/h7-10,13-14H,5-6,11-12H2,1-4H3,(H,23,26). The lowest BCUT2D eigenvalue weighted by atomic mass is 10.1. The van der Waals surface area contributed by atoms with Gasteiger partial charge in [0.15, 0.2) is 0 Å². The molecule has 10 heteroatoms. The Morgan fingerprint density at radius 1 is 1.00 bits per heavy atom. The molecule has 0 unspecified atom stereocenters. The molecule has 1 saturated heterocycles. The number of sulfonamides is 1. The molecule has 0 aliphatic carbocycles. The molecular weight excluding hydrogens is 434 g/mol. The number of benzene rings is 2. The zero-order valence-electron chi connectivity index (χ0n) is 18.5. The van der Waals surface area contributed by atoms with Gasteiger partial charge in [-0.2, -0.15) is 0 Å². The number of hydrogen-bond donors (Lipinski definition) is 1. The Balaban J connectivity index is 2.00. The molecule has 1 fully saturated rings. The molecule has 3 rings (SSSR count). The molecule has 0 saturated carbocycles. The van der Waals surface area contributed by atoms with Gasteiger partial charge in [-0.3, -0.25) is 4.79 Å². The summed E-state index contributed by atoms with van der Waals surface area (Å²) in [5, 5.41) is 2.83. The van der Waals surface area contributed by atoms with Crippen LogP contribution in [0.15, 0.2) is 41.3 Å². The number of nitrogens with zero attached hydrogens (tertiary/aromatic N) is 2. The van der Waals surface area contributed by atoms with Crippen molar-refractivity contribution in [2.24, 2.45) is 0 Å². The van der Waals surface area contributed by atoms with E-state index in [-0.39, 0.29) is 16.2 Å². The van der Waals surface area contributed by atoms with Crippen LogP contribution in [0.3, 0.4) is 0 Å². The van der Waals surface area contributed by atoms with Gasteiger partial charge < -0.3 is 19.7 Å². The monoisotopic (exact) mass is 461 g/mol. The SMILES string of the molecule is COC(=O)c1ccc(N2CCCC2)c(NC(=O)c2ccc(OC)c(S(=O)(=O)N(C)C)c2)c1. The van der Waals surface area contributed by atoms with Crippen LogP contribution in [0, 0.1) is 0 Å². The predicted molar refractivity (Wildman–Crippen MR) is 121 cm³/mol. The van der Waals surface area contributed by atoms with Gasteiger partial charge in [0.25, 0.3) is 5.91 Å². The summed E-state index contributed by atoms with van der Waals surface area (Å²) >= 11 is 0. The highest BCUT2D eigenvalue weighted by molar-refractivity contribution is 7.89. The first-order chi connectivity index (χ1) is 15.2. The average molecular weight is 462 g/mol. The fourth-order valence-electron chi connectivity index (χ4n) is 3.53. The van der Waals surface area contributed by atoms with Crippen molar-refractivity contribution in [1.29, 1.82) is 0 Å². The fourth-order valence-corrected chi connectivity index (χ4v) is 4.60.